The van der Waals surface area contributed by atoms with Gasteiger partial charge in [0.05, 0.1) is 13.2 Å². The summed E-state index contributed by atoms with van der Waals surface area (Å²) in [5.41, 5.74) is 7.49. The van der Waals surface area contributed by atoms with Gasteiger partial charge in [-0.05, 0) is 24.1 Å². The number of benzene rings is 2. The zero-order chi connectivity index (χ0) is 14.9. The Hall–Kier alpha value is -1.46. The molecule has 1 unspecified atom stereocenters. The van der Waals surface area contributed by atoms with Crippen molar-refractivity contribution >= 4 is 15.9 Å². The van der Waals surface area contributed by atoms with Crippen LogP contribution in [0.25, 0.3) is 0 Å². The number of hydrogen-bond acceptors (Lipinski definition) is 2. The van der Waals surface area contributed by atoms with Gasteiger partial charge in [-0.3, -0.25) is 0 Å². The molecule has 0 aliphatic carbocycles. The molecule has 0 saturated carbocycles. The highest BCUT2D eigenvalue weighted by Crippen LogP contribution is 2.32. The van der Waals surface area contributed by atoms with E-state index < -0.39 is 17.7 Å². The Labute approximate surface area is 124 Å². The van der Waals surface area contributed by atoms with Crippen LogP contribution in [-0.2, 0) is 0 Å². The second-order valence-corrected chi connectivity index (χ2v) is 5.36. The highest BCUT2D eigenvalue weighted by molar-refractivity contribution is 9.10. The Morgan fingerprint density at radius 1 is 1.15 bits per heavy atom. The van der Waals surface area contributed by atoms with Crippen molar-refractivity contribution in [1.29, 1.82) is 0 Å². The number of nitrogens with two attached hydrogens (primary N) is 1. The average molecular weight is 342 g/mol. The normalized spacial score (nSPS) is 12.3. The van der Waals surface area contributed by atoms with Crippen LogP contribution in [0.4, 0.5) is 8.78 Å². The smallest absolute Gasteiger partial charge is 0.134 e. The van der Waals surface area contributed by atoms with Crippen LogP contribution in [0, 0.1) is 18.6 Å². The summed E-state index contributed by atoms with van der Waals surface area (Å²) in [5, 5.41) is 0. The lowest BCUT2D eigenvalue weighted by molar-refractivity contribution is 0.404. The van der Waals surface area contributed by atoms with Crippen LogP contribution in [0.2, 0.25) is 0 Å². The predicted molar refractivity (Wildman–Crippen MR) is 77.8 cm³/mol. The van der Waals surface area contributed by atoms with Gasteiger partial charge in [-0.2, -0.15) is 0 Å². The van der Waals surface area contributed by atoms with Crippen molar-refractivity contribution in [2.24, 2.45) is 5.73 Å². The molecule has 0 aromatic heterocycles. The van der Waals surface area contributed by atoms with Crippen LogP contribution >= 0.6 is 15.9 Å². The second kappa shape index (κ2) is 5.89. The summed E-state index contributed by atoms with van der Waals surface area (Å²) < 4.78 is 33.6. The van der Waals surface area contributed by atoms with Gasteiger partial charge in [-0.25, -0.2) is 8.78 Å². The molecule has 0 bridgehead atoms. The Morgan fingerprint density at radius 3 is 2.25 bits per heavy atom. The molecule has 20 heavy (non-hydrogen) atoms. The monoisotopic (exact) mass is 341 g/mol. The summed E-state index contributed by atoms with van der Waals surface area (Å²) in [6, 6.07) is 6.82. The quantitative estimate of drug-likeness (QED) is 0.912. The van der Waals surface area contributed by atoms with Crippen LogP contribution in [0.15, 0.2) is 34.8 Å². The SMILES string of the molecule is COc1cc(F)c(C(N)c2ccc(C)cc2Br)c(F)c1. The van der Waals surface area contributed by atoms with E-state index in [-0.39, 0.29) is 11.3 Å². The maximum atomic E-state index is 14.0. The molecular weight excluding hydrogens is 328 g/mol. The molecule has 0 aliphatic heterocycles. The first-order valence-corrected chi connectivity index (χ1v) is 6.78. The van der Waals surface area contributed by atoms with Gasteiger partial charge in [0.15, 0.2) is 0 Å². The van der Waals surface area contributed by atoms with Crippen LogP contribution in [0.1, 0.15) is 22.7 Å². The molecule has 0 aliphatic rings. The molecule has 0 fully saturated rings. The number of hydrogen-bond donors (Lipinski definition) is 1. The lowest BCUT2D eigenvalue weighted by atomic mass is 9.97. The van der Waals surface area contributed by atoms with Crippen molar-refractivity contribution in [2.45, 2.75) is 13.0 Å². The molecule has 2 aromatic rings. The molecule has 0 heterocycles. The maximum Gasteiger partial charge on any atom is 0.134 e. The first kappa shape index (κ1) is 14.9. The zero-order valence-corrected chi connectivity index (χ0v) is 12.7. The van der Waals surface area contributed by atoms with Crippen LogP contribution in [-0.4, -0.2) is 7.11 Å². The fourth-order valence-electron chi connectivity index (χ4n) is 2.02. The van der Waals surface area contributed by atoms with E-state index in [1.165, 1.54) is 7.11 Å². The third-order valence-corrected chi connectivity index (χ3v) is 3.78. The van der Waals surface area contributed by atoms with E-state index in [9.17, 15) is 8.78 Å². The lowest BCUT2D eigenvalue weighted by Gasteiger charge is -2.17. The van der Waals surface area contributed by atoms with Crippen LogP contribution in [0.5, 0.6) is 5.75 Å². The van der Waals surface area contributed by atoms with Gasteiger partial charge in [0, 0.05) is 22.2 Å². The summed E-state index contributed by atoms with van der Waals surface area (Å²) >= 11 is 3.37. The first-order chi connectivity index (χ1) is 9.43. The molecule has 1 atom stereocenters. The van der Waals surface area contributed by atoms with Gasteiger partial charge >= 0.3 is 0 Å². The topological polar surface area (TPSA) is 35.2 Å². The fraction of sp³-hybridized carbons (Fsp3) is 0.200. The minimum absolute atomic E-state index is 0.124. The maximum absolute atomic E-state index is 14.0. The molecule has 106 valence electrons. The third-order valence-electron chi connectivity index (χ3n) is 3.09. The van der Waals surface area contributed by atoms with E-state index in [0.717, 1.165) is 22.2 Å². The second-order valence-electron chi connectivity index (χ2n) is 4.51. The average Bonchev–Trinajstić information content (AvgIpc) is 2.37. The zero-order valence-electron chi connectivity index (χ0n) is 11.1. The summed E-state index contributed by atoms with van der Waals surface area (Å²) in [6.07, 6.45) is 0. The highest BCUT2D eigenvalue weighted by Gasteiger charge is 2.21. The minimum Gasteiger partial charge on any atom is -0.497 e. The lowest BCUT2D eigenvalue weighted by Crippen LogP contribution is -2.16. The van der Waals surface area contributed by atoms with E-state index in [1.54, 1.807) is 6.07 Å². The largest absolute Gasteiger partial charge is 0.497 e. The summed E-state index contributed by atoms with van der Waals surface area (Å²) in [5.74, 6) is -1.32. The van der Waals surface area contributed by atoms with Gasteiger partial charge in [-0.15, -0.1) is 0 Å². The number of methoxy groups -OCH3 is 1. The van der Waals surface area contributed by atoms with Crippen molar-refractivity contribution in [3.63, 3.8) is 0 Å². The molecular formula is C15H14BrF2NO. The molecule has 0 radical (unpaired) electrons. The Balaban J connectivity index is 2.50. The molecule has 2 rings (SSSR count). The van der Waals surface area contributed by atoms with Gasteiger partial charge in [-0.1, -0.05) is 28.1 Å². The molecule has 0 saturated heterocycles. The predicted octanol–water partition coefficient (Wildman–Crippen LogP) is 4.09. The molecule has 2 aromatic carbocycles. The molecule has 2 nitrogen and oxygen atoms in total. The van der Waals surface area contributed by atoms with Crippen molar-refractivity contribution in [3.05, 3.63) is 63.1 Å². The standard InChI is InChI=1S/C15H14BrF2NO/c1-8-3-4-10(11(16)5-8)15(19)14-12(17)6-9(20-2)7-13(14)18/h3-7,15H,19H2,1-2H3. The van der Waals surface area contributed by atoms with Gasteiger partial charge < -0.3 is 10.5 Å². The summed E-state index contributed by atoms with van der Waals surface area (Å²) in [6.45, 7) is 1.93. The number of halogens is 3. The van der Waals surface area contributed by atoms with Crippen LogP contribution in [0.3, 0.4) is 0 Å². The van der Waals surface area contributed by atoms with Crippen molar-refractivity contribution in [3.8, 4) is 5.75 Å². The minimum atomic E-state index is -0.893. The van der Waals surface area contributed by atoms with E-state index in [2.05, 4.69) is 15.9 Å². The van der Waals surface area contributed by atoms with E-state index in [1.807, 2.05) is 19.1 Å². The van der Waals surface area contributed by atoms with E-state index in [0.29, 0.717) is 5.56 Å². The molecule has 2 N–H and O–H groups in total. The Morgan fingerprint density at radius 2 is 1.75 bits per heavy atom. The van der Waals surface area contributed by atoms with E-state index >= 15 is 0 Å². The van der Waals surface area contributed by atoms with Gasteiger partial charge in [0.2, 0.25) is 0 Å². The Kier molecular flexibility index (Phi) is 4.40. The highest BCUT2D eigenvalue weighted by atomic mass is 79.9. The van der Waals surface area contributed by atoms with Crippen LogP contribution < -0.4 is 10.5 Å². The number of aryl methyl sites for hydroxylation is 1. The Bertz CT molecular complexity index is 623. The summed E-state index contributed by atoms with van der Waals surface area (Å²) in [7, 11) is 1.35. The van der Waals surface area contributed by atoms with Crippen molar-refractivity contribution < 1.29 is 13.5 Å². The number of ether oxygens (including phenoxy) is 1. The van der Waals surface area contributed by atoms with Crippen molar-refractivity contribution in [1.82, 2.24) is 0 Å². The summed E-state index contributed by atoms with van der Waals surface area (Å²) in [4.78, 5) is 0. The molecule has 0 amide bonds. The van der Waals surface area contributed by atoms with Gasteiger partial charge in [0.25, 0.3) is 0 Å². The number of rotatable bonds is 3. The first-order valence-electron chi connectivity index (χ1n) is 5.98. The fourth-order valence-corrected chi connectivity index (χ4v) is 2.76. The molecule has 0 spiro atoms. The molecule has 5 heteroatoms. The van der Waals surface area contributed by atoms with Crippen molar-refractivity contribution in [2.75, 3.05) is 7.11 Å². The third kappa shape index (κ3) is 2.83. The van der Waals surface area contributed by atoms with Gasteiger partial charge in [0.1, 0.15) is 17.4 Å². The van der Waals surface area contributed by atoms with E-state index in [4.69, 9.17) is 10.5 Å².